The number of hydrogen-bond donors (Lipinski definition) is 2. The summed E-state index contributed by atoms with van der Waals surface area (Å²) in [5.41, 5.74) is 6.29. The monoisotopic (exact) mass is 332 g/mol. The minimum atomic E-state index is -4.70. The molecule has 0 aliphatic heterocycles. The Hall–Kier alpha value is -1.96. The van der Waals surface area contributed by atoms with Gasteiger partial charge in [0.2, 0.25) is 0 Å². The number of aliphatic imine (C=N–C) groups is 1. The Morgan fingerprint density at radius 3 is 2.48 bits per heavy atom. The molecule has 0 radical (unpaired) electrons. The van der Waals surface area contributed by atoms with Gasteiger partial charge in [0.25, 0.3) is 0 Å². The van der Waals surface area contributed by atoms with Gasteiger partial charge in [-0.2, -0.15) is 0 Å². The number of ether oxygens (including phenoxy) is 1. The van der Waals surface area contributed by atoms with Crippen LogP contribution in [0.15, 0.2) is 29.3 Å². The first-order chi connectivity index (χ1) is 10.7. The Morgan fingerprint density at radius 1 is 1.35 bits per heavy atom. The van der Waals surface area contributed by atoms with Crippen LogP contribution in [0.25, 0.3) is 0 Å². The van der Waals surface area contributed by atoms with Crippen molar-refractivity contribution >= 4 is 11.6 Å². The summed E-state index contributed by atoms with van der Waals surface area (Å²) in [4.78, 5) is 6.37. The van der Waals surface area contributed by atoms with E-state index >= 15 is 0 Å². The normalized spacial score (nSPS) is 14.0. The van der Waals surface area contributed by atoms with E-state index in [9.17, 15) is 13.2 Å². The number of nitrogens with one attached hydrogen (secondary N) is 1. The Bertz CT molecular complexity index is 502. The number of likely N-dealkylation sites (N-methyl/N-ethyl adjacent to an activating group) is 1. The maximum absolute atomic E-state index is 12.1. The minimum absolute atomic E-state index is 0.215. The van der Waals surface area contributed by atoms with Crippen LogP contribution in [-0.4, -0.2) is 43.4 Å². The molecule has 1 aromatic rings. The highest BCUT2D eigenvalue weighted by Gasteiger charge is 2.30. The highest BCUT2D eigenvalue weighted by atomic mass is 19.4. The van der Waals surface area contributed by atoms with Crippen molar-refractivity contribution in [1.82, 2.24) is 4.90 Å². The quantitative estimate of drug-likeness (QED) is 0.595. The molecule has 8 heteroatoms. The second-order valence-corrected chi connectivity index (χ2v) is 5.20. The van der Waals surface area contributed by atoms with Crippen LogP contribution in [0.1, 0.15) is 20.3 Å². The van der Waals surface area contributed by atoms with Gasteiger partial charge in [-0.15, -0.1) is 13.2 Å². The lowest BCUT2D eigenvalue weighted by molar-refractivity contribution is -0.274. The third-order valence-electron chi connectivity index (χ3n) is 3.44. The van der Waals surface area contributed by atoms with Crippen molar-refractivity contribution in [3.63, 3.8) is 0 Å². The second-order valence-electron chi connectivity index (χ2n) is 5.20. The standard InChI is InChI=1S/C15H23F3N4O/c1-4-11(2)22(3)10-9-20-14(19)21-12-5-7-13(8-6-12)23-15(16,17)18/h5-8,11H,4,9-10H2,1-3H3,(H3,19,20,21). The summed E-state index contributed by atoms with van der Waals surface area (Å²) < 4.78 is 40.0. The van der Waals surface area contributed by atoms with Crippen LogP contribution in [-0.2, 0) is 0 Å². The highest BCUT2D eigenvalue weighted by molar-refractivity contribution is 5.92. The van der Waals surface area contributed by atoms with E-state index in [0.29, 0.717) is 18.3 Å². The molecule has 0 saturated heterocycles. The van der Waals surface area contributed by atoms with Gasteiger partial charge in [0, 0.05) is 18.3 Å². The molecule has 3 N–H and O–H groups in total. The number of benzene rings is 1. The molecule has 0 saturated carbocycles. The maximum Gasteiger partial charge on any atom is 0.573 e. The van der Waals surface area contributed by atoms with E-state index in [4.69, 9.17) is 5.73 Å². The summed E-state index contributed by atoms with van der Waals surface area (Å²) in [5, 5.41) is 2.82. The molecule has 0 amide bonds. The highest BCUT2D eigenvalue weighted by Crippen LogP contribution is 2.23. The second kappa shape index (κ2) is 8.61. The number of halogens is 3. The van der Waals surface area contributed by atoms with Gasteiger partial charge >= 0.3 is 6.36 Å². The third-order valence-corrected chi connectivity index (χ3v) is 3.44. The van der Waals surface area contributed by atoms with Gasteiger partial charge in [0.05, 0.1) is 6.54 Å². The lowest BCUT2D eigenvalue weighted by atomic mass is 10.2. The summed E-state index contributed by atoms with van der Waals surface area (Å²) in [6, 6.07) is 5.77. The summed E-state index contributed by atoms with van der Waals surface area (Å²) in [5.74, 6) is -0.0687. The van der Waals surface area contributed by atoms with E-state index in [1.165, 1.54) is 24.3 Å². The van der Waals surface area contributed by atoms with Gasteiger partial charge in [-0.1, -0.05) is 6.92 Å². The van der Waals surface area contributed by atoms with Gasteiger partial charge in [0.1, 0.15) is 5.75 Å². The predicted molar refractivity (Wildman–Crippen MR) is 85.6 cm³/mol. The number of nitrogens with two attached hydrogens (primary N) is 1. The Kier molecular flexibility index (Phi) is 7.15. The van der Waals surface area contributed by atoms with Crippen molar-refractivity contribution < 1.29 is 17.9 Å². The zero-order valence-corrected chi connectivity index (χ0v) is 13.5. The van der Waals surface area contributed by atoms with Gasteiger partial charge < -0.3 is 20.7 Å². The Balaban J connectivity index is 2.47. The van der Waals surface area contributed by atoms with Crippen LogP contribution in [0.3, 0.4) is 0 Å². The van der Waals surface area contributed by atoms with E-state index in [2.05, 4.69) is 33.8 Å². The van der Waals surface area contributed by atoms with E-state index in [-0.39, 0.29) is 11.7 Å². The first kappa shape index (κ1) is 19.1. The number of alkyl halides is 3. The van der Waals surface area contributed by atoms with Crippen LogP contribution >= 0.6 is 0 Å². The number of hydrogen-bond acceptors (Lipinski definition) is 3. The van der Waals surface area contributed by atoms with E-state index in [0.717, 1.165) is 13.0 Å². The van der Waals surface area contributed by atoms with Crippen LogP contribution in [0.5, 0.6) is 5.75 Å². The fraction of sp³-hybridized carbons (Fsp3) is 0.533. The van der Waals surface area contributed by atoms with E-state index in [1.807, 2.05) is 7.05 Å². The molecule has 0 aromatic heterocycles. The van der Waals surface area contributed by atoms with E-state index < -0.39 is 6.36 Å². The van der Waals surface area contributed by atoms with Gasteiger partial charge in [-0.3, -0.25) is 4.99 Å². The molecule has 5 nitrogen and oxygen atoms in total. The summed E-state index contributed by atoms with van der Waals surface area (Å²) in [6.45, 7) is 5.56. The number of nitrogens with zero attached hydrogens (tertiary/aromatic N) is 2. The molecular formula is C15H23F3N4O. The summed E-state index contributed by atoms with van der Waals surface area (Å²) in [7, 11) is 2.02. The van der Waals surface area contributed by atoms with Gasteiger partial charge in [0.15, 0.2) is 5.96 Å². The van der Waals surface area contributed by atoms with Crippen molar-refractivity contribution in [1.29, 1.82) is 0 Å². The molecule has 23 heavy (non-hydrogen) atoms. The molecule has 1 rings (SSSR count). The topological polar surface area (TPSA) is 62.9 Å². The molecule has 0 aliphatic carbocycles. The predicted octanol–water partition coefficient (Wildman–Crippen LogP) is 3.04. The lowest BCUT2D eigenvalue weighted by Crippen LogP contribution is -2.31. The smallest absolute Gasteiger partial charge is 0.406 e. The average molecular weight is 332 g/mol. The Labute approximate surface area is 134 Å². The molecule has 0 heterocycles. The molecular weight excluding hydrogens is 309 g/mol. The zero-order chi connectivity index (χ0) is 17.5. The average Bonchev–Trinajstić information content (AvgIpc) is 2.46. The van der Waals surface area contributed by atoms with Crippen LogP contribution in [0.4, 0.5) is 18.9 Å². The lowest BCUT2D eigenvalue weighted by Gasteiger charge is -2.22. The molecule has 1 unspecified atom stereocenters. The van der Waals surface area contributed by atoms with E-state index in [1.54, 1.807) is 0 Å². The largest absolute Gasteiger partial charge is 0.573 e. The van der Waals surface area contributed by atoms with Crippen LogP contribution in [0.2, 0.25) is 0 Å². The van der Waals surface area contributed by atoms with Crippen molar-refractivity contribution in [2.45, 2.75) is 32.7 Å². The molecule has 0 fully saturated rings. The zero-order valence-electron chi connectivity index (χ0n) is 13.5. The molecule has 0 aliphatic rings. The Morgan fingerprint density at radius 2 is 1.96 bits per heavy atom. The molecule has 1 aromatic carbocycles. The van der Waals surface area contributed by atoms with Gasteiger partial charge in [-0.05, 0) is 44.7 Å². The van der Waals surface area contributed by atoms with Crippen LogP contribution in [0, 0.1) is 0 Å². The SMILES string of the molecule is CCC(C)N(C)CCN=C(N)Nc1ccc(OC(F)(F)F)cc1. The van der Waals surface area contributed by atoms with Crippen molar-refractivity contribution in [3.05, 3.63) is 24.3 Å². The van der Waals surface area contributed by atoms with Gasteiger partial charge in [-0.25, -0.2) is 0 Å². The number of guanidine groups is 1. The summed E-state index contributed by atoms with van der Waals surface area (Å²) in [6.07, 6.45) is -3.64. The van der Waals surface area contributed by atoms with Crippen LogP contribution < -0.4 is 15.8 Å². The first-order valence-electron chi connectivity index (χ1n) is 7.34. The fourth-order valence-corrected chi connectivity index (χ4v) is 1.79. The number of anilines is 1. The fourth-order valence-electron chi connectivity index (χ4n) is 1.79. The van der Waals surface area contributed by atoms with Crippen molar-refractivity contribution in [2.24, 2.45) is 10.7 Å². The first-order valence-corrected chi connectivity index (χ1v) is 7.34. The number of rotatable bonds is 7. The minimum Gasteiger partial charge on any atom is -0.406 e. The molecule has 1 atom stereocenters. The van der Waals surface area contributed by atoms with Crippen molar-refractivity contribution in [3.8, 4) is 5.75 Å². The third kappa shape index (κ3) is 7.73. The maximum atomic E-state index is 12.1. The molecule has 130 valence electrons. The van der Waals surface area contributed by atoms with Crippen molar-refractivity contribution in [2.75, 3.05) is 25.5 Å². The molecule has 0 spiro atoms. The summed E-state index contributed by atoms with van der Waals surface area (Å²) >= 11 is 0. The molecule has 0 bridgehead atoms.